The van der Waals surface area contributed by atoms with E-state index in [1.54, 1.807) is 24.3 Å². The highest BCUT2D eigenvalue weighted by molar-refractivity contribution is 6.34. The van der Waals surface area contributed by atoms with Crippen molar-refractivity contribution in [3.8, 4) is 0 Å². The highest BCUT2D eigenvalue weighted by Gasteiger charge is 2.15. The maximum atomic E-state index is 13.5. The van der Waals surface area contributed by atoms with Crippen LogP contribution in [0.4, 0.5) is 15.8 Å². The second kappa shape index (κ2) is 5.06. The summed E-state index contributed by atoms with van der Waals surface area (Å²) in [6, 6.07) is 10.6. The molecule has 0 atom stereocenters. The fourth-order valence-corrected chi connectivity index (χ4v) is 1.72. The third-order valence-corrected chi connectivity index (χ3v) is 2.67. The standard InChI is InChI=1S/C13H10ClFN2O/c14-10-2-1-3-11(15)12(10)13(18)17-9-6-4-8(16)5-7-9/h1-7H,16H2,(H,17,18). The molecule has 5 heteroatoms. The molecule has 2 rings (SSSR count). The van der Waals surface area contributed by atoms with Crippen molar-refractivity contribution in [2.24, 2.45) is 0 Å². The first-order chi connectivity index (χ1) is 8.58. The molecule has 0 aromatic heterocycles. The Morgan fingerprint density at radius 1 is 1.17 bits per heavy atom. The Morgan fingerprint density at radius 3 is 2.44 bits per heavy atom. The van der Waals surface area contributed by atoms with Crippen molar-refractivity contribution in [3.63, 3.8) is 0 Å². The third-order valence-electron chi connectivity index (χ3n) is 2.36. The topological polar surface area (TPSA) is 55.1 Å². The number of halogens is 2. The quantitative estimate of drug-likeness (QED) is 0.818. The number of benzene rings is 2. The molecule has 92 valence electrons. The molecule has 0 saturated heterocycles. The van der Waals surface area contributed by atoms with Crippen LogP contribution in [0.5, 0.6) is 0 Å². The Kier molecular flexibility index (Phi) is 3.48. The van der Waals surface area contributed by atoms with Crippen molar-refractivity contribution in [1.29, 1.82) is 0 Å². The molecule has 1 amide bonds. The molecule has 0 aliphatic heterocycles. The first kappa shape index (κ1) is 12.4. The van der Waals surface area contributed by atoms with Gasteiger partial charge in [0.2, 0.25) is 0 Å². The SMILES string of the molecule is Nc1ccc(NC(=O)c2c(F)cccc2Cl)cc1. The van der Waals surface area contributed by atoms with Gasteiger partial charge in [0, 0.05) is 11.4 Å². The Labute approximate surface area is 108 Å². The van der Waals surface area contributed by atoms with Gasteiger partial charge in [-0.2, -0.15) is 0 Å². The van der Waals surface area contributed by atoms with E-state index in [-0.39, 0.29) is 10.6 Å². The van der Waals surface area contributed by atoms with Crippen molar-refractivity contribution in [2.75, 3.05) is 11.1 Å². The maximum absolute atomic E-state index is 13.5. The van der Waals surface area contributed by atoms with Gasteiger partial charge in [0.1, 0.15) is 5.82 Å². The van der Waals surface area contributed by atoms with Gasteiger partial charge in [-0.1, -0.05) is 17.7 Å². The molecular weight excluding hydrogens is 255 g/mol. The van der Waals surface area contributed by atoms with Crippen LogP contribution in [-0.2, 0) is 0 Å². The van der Waals surface area contributed by atoms with E-state index in [4.69, 9.17) is 17.3 Å². The summed E-state index contributed by atoms with van der Waals surface area (Å²) in [5.74, 6) is -1.25. The molecule has 0 unspecified atom stereocenters. The fraction of sp³-hybridized carbons (Fsp3) is 0. The molecule has 2 aromatic carbocycles. The number of hydrogen-bond acceptors (Lipinski definition) is 2. The summed E-state index contributed by atoms with van der Waals surface area (Å²) < 4.78 is 13.5. The van der Waals surface area contributed by atoms with Gasteiger partial charge in [-0.15, -0.1) is 0 Å². The summed E-state index contributed by atoms with van der Waals surface area (Å²) in [5.41, 5.74) is 6.45. The molecule has 0 bridgehead atoms. The average molecular weight is 265 g/mol. The van der Waals surface area contributed by atoms with Gasteiger partial charge in [-0.25, -0.2) is 4.39 Å². The fourth-order valence-electron chi connectivity index (χ4n) is 1.47. The van der Waals surface area contributed by atoms with Crippen LogP contribution in [0.1, 0.15) is 10.4 Å². The molecule has 2 aromatic rings. The molecule has 0 saturated carbocycles. The van der Waals surface area contributed by atoms with Crippen LogP contribution in [-0.4, -0.2) is 5.91 Å². The minimum atomic E-state index is -0.657. The Balaban J connectivity index is 2.25. The highest BCUT2D eigenvalue weighted by Crippen LogP contribution is 2.20. The van der Waals surface area contributed by atoms with Gasteiger partial charge in [0.15, 0.2) is 0 Å². The highest BCUT2D eigenvalue weighted by atomic mass is 35.5. The minimum absolute atomic E-state index is 0.0722. The molecular formula is C13H10ClFN2O. The second-order valence-corrected chi connectivity index (χ2v) is 4.08. The minimum Gasteiger partial charge on any atom is -0.399 e. The van der Waals surface area contributed by atoms with Crippen LogP contribution in [0.3, 0.4) is 0 Å². The van der Waals surface area contributed by atoms with Crippen LogP contribution in [0.25, 0.3) is 0 Å². The molecule has 3 nitrogen and oxygen atoms in total. The zero-order valence-corrected chi connectivity index (χ0v) is 10.0. The van der Waals surface area contributed by atoms with E-state index < -0.39 is 11.7 Å². The summed E-state index contributed by atoms with van der Waals surface area (Å²) in [6.45, 7) is 0. The summed E-state index contributed by atoms with van der Waals surface area (Å²) in [5, 5.41) is 2.62. The number of carbonyl (C=O) groups is 1. The van der Waals surface area contributed by atoms with Gasteiger partial charge < -0.3 is 11.1 Å². The summed E-state index contributed by atoms with van der Waals surface area (Å²) >= 11 is 5.80. The summed E-state index contributed by atoms with van der Waals surface area (Å²) in [6.07, 6.45) is 0. The molecule has 18 heavy (non-hydrogen) atoms. The Hall–Kier alpha value is -2.07. The van der Waals surface area contributed by atoms with Crippen molar-refractivity contribution in [2.45, 2.75) is 0 Å². The normalized spacial score (nSPS) is 10.1. The van der Waals surface area contributed by atoms with Crippen LogP contribution < -0.4 is 11.1 Å². The molecule has 0 spiro atoms. The van der Waals surface area contributed by atoms with Crippen molar-refractivity contribution in [1.82, 2.24) is 0 Å². The summed E-state index contributed by atoms with van der Waals surface area (Å²) in [7, 11) is 0. The van der Waals surface area contributed by atoms with E-state index in [1.807, 2.05) is 0 Å². The van der Waals surface area contributed by atoms with Gasteiger partial charge in [-0.3, -0.25) is 4.79 Å². The second-order valence-electron chi connectivity index (χ2n) is 3.67. The van der Waals surface area contributed by atoms with E-state index in [2.05, 4.69) is 5.32 Å². The van der Waals surface area contributed by atoms with Crippen molar-refractivity contribution >= 4 is 28.9 Å². The number of rotatable bonds is 2. The first-order valence-corrected chi connectivity index (χ1v) is 5.56. The lowest BCUT2D eigenvalue weighted by atomic mass is 10.2. The Morgan fingerprint density at radius 2 is 1.83 bits per heavy atom. The van der Waals surface area contributed by atoms with Gasteiger partial charge >= 0.3 is 0 Å². The van der Waals surface area contributed by atoms with Crippen molar-refractivity contribution < 1.29 is 9.18 Å². The third kappa shape index (κ3) is 2.60. The number of hydrogen-bond donors (Lipinski definition) is 2. The zero-order valence-electron chi connectivity index (χ0n) is 9.28. The molecule has 0 aliphatic rings. The lowest BCUT2D eigenvalue weighted by Crippen LogP contribution is -2.14. The van der Waals surface area contributed by atoms with Gasteiger partial charge in [-0.05, 0) is 36.4 Å². The van der Waals surface area contributed by atoms with E-state index in [0.29, 0.717) is 11.4 Å². The number of nitrogens with two attached hydrogens (primary N) is 1. The van der Waals surface area contributed by atoms with E-state index in [1.165, 1.54) is 18.2 Å². The zero-order chi connectivity index (χ0) is 13.1. The predicted octanol–water partition coefficient (Wildman–Crippen LogP) is 3.31. The van der Waals surface area contributed by atoms with Crippen molar-refractivity contribution in [3.05, 3.63) is 58.9 Å². The number of nitrogens with one attached hydrogen (secondary N) is 1. The predicted molar refractivity (Wildman–Crippen MR) is 70.2 cm³/mol. The monoisotopic (exact) mass is 264 g/mol. The van der Waals surface area contributed by atoms with Crippen LogP contribution in [0.15, 0.2) is 42.5 Å². The number of amides is 1. The number of carbonyl (C=O) groups excluding carboxylic acids is 1. The molecule has 0 aliphatic carbocycles. The molecule has 0 fully saturated rings. The summed E-state index contributed by atoms with van der Waals surface area (Å²) in [4.78, 5) is 11.9. The van der Waals surface area contributed by atoms with E-state index >= 15 is 0 Å². The number of nitrogen functional groups attached to an aromatic ring is 1. The van der Waals surface area contributed by atoms with E-state index in [9.17, 15) is 9.18 Å². The van der Waals surface area contributed by atoms with Crippen LogP contribution in [0.2, 0.25) is 5.02 Å². The molecule has 0 radical (unpaired) electrons. The molecule has 3 N–H and O–H groups in total. The first-order valence-electron chi connectivity index (χ1n) is 5.19. The Bertz CT molecular complexity index is 564. The lowest BCUT2D eigenvalue weighted by Gasteiger charge is -2.07. The van der Waals surface area contributed by atoms with Crippen LogP contribution >= 0.6 is 11.6 Å². The smallest absolute Gasteiger partial charge is 0.260 e. The lowest BCUT2D eigenvalue weighted by molar-refractivity contribution is 0.102. The largest absolute Gasteiger partial charge is 0.399 e. The van der Waals surface area contributed by atoms with E-state index in [0.717, 1.165) is 0 Å². The maximum Gasteiger partial charge on any atom is 0.260 e. The van der Waals surface area contributed by atoms with Gasteiger partial charge in [0.25, 0.3) is 5.91 Å². The number of anilines is 2. The molecule has 0 heterocycles. The average Bonchev–Trinajstić information content (AvgIpc) is 2.32. The van der Waals surface area contributed by atoms with Crippen LogP contribution in [0, 0.1) is 5.82 Å². The van der Waals surface area contributed by atoms with Gasteiger partial charge in [0.05, 0.1) is 10.6 Å².